The van der Waals surface area contributed by atoms with Gasteiger partial charge in [-0.15, -0.1) is 0 Å². The van der Waals surface area contributed by atoms with Gasteiger partial charge in [0.15, 0.2) is 0 Å². The molecule has 2 aromatic rings. The molecule has 0 unspecified atom stereocenters. The van der Waals surface area contributed by atoms with Crippen molar-refractivity contribution in [1.82, 2.24) is 0 Å². The molecule has 4 heteroatoms. The van der Waals surface area contributed by atoms with Gasteiger partial charge < -0.3 is 21.3 Å². The average molecular weight is 258 g/mol. The van der Waals surface area contributed by atoms with Crippen molar-refractivity contribution in [3.05, 3.63) is 41.0 Å². The van der Waals surface area contributed by atoms with E-state index in [9.17, 15) is 10.2 Å². The Hall–Kier alpha value is -2.36. The first-order valence-corrected chi connectivity index (χ1v) is 6.05. The van der Waals surface area contributed by atoms with Crippen LogP contribution in [0.2, 0.25) is 0 Å². The summed E-state index contributed by atoms with van der Waals surface area (Å²) in [5, 5.41) is 22.5. The zero-order chi connectivity index (χ0) is 14.2. The summed E-state index contributed by atoms with van der Waals surface area (Å²) < 4.78 is 0. The number of aryl methyl sites for hydroxylation is 3. The maximum absolute atomic E-state index is 9.75. The Morgan fingerprint density at radius 1 is 0.895 bits per heavy atom. The highest BCUT2D eigenvalue weighted by atomic mass is 16.3. The van der Waals surface area contributed by atoms with Crippen molar-refractivity contribution < 1.29 is 10.2 Å². The highest BCUT2D eigenvalue weighted by molar-refractivity contribution is 5.76. The number of nitrogens with two attached hydrogens (primary N) is 1. The Kier molecular flexibility index (Phi) is 3.25. The monoisotopic (exact) mass is 258 g/mol. The molecule has 2 aromatic carbocycles. The number of nitrogen functional groups attached to an aromatic ring is 1. The molecule has 5 N–H and O–H groups in total. The number of hydrogen-bond acceptors (Lipinski definition) is 4. The minimum Gasteiger partial charge on any atom is -0.508 e. The first kappa shape index (κ1) is 13.1. The van der Waals surface area contributed by atoms with E-state index in [1.165, 1.54) is 6.07 Å². The van der Waals surface area contributed by atoms with Crippen molar-refractivity contribution in [2.45, 2.75) is 20.8 Å². The molecule has 0 heterocycles. The second-order valence-electron chi connectivity index (χ2n) is 4.81. The molecule has 0 bridgehead atoms. The van der Waals surface area contributed by atoms with Gasteiger partial charge in [0, 0.05) is 11.8 Å². The lowest BCUT2D eigenvalue weighted by Gasteiger charge is -2.13. The van der Waals surface area contributed by atoms with Gasteiger partial charge in [0.25, 0.3) is 0 Å². The largest absolute Gasteiger partial charge is 0.508 e. The van der Waals surface area contributed by atoms with Crippen molar-refractivity contribution in [1.29, 1.82) is 0 Å². The van der Waals surface area contributed by atoms with Crippen LogP contribution in [0.25, 0.3) is 0 Å². The van der Waals surface area contributed by atoms with E-state index in [0.29, 0.717) is 11.4 Å². The van der Waals surface area contributed by atoms with Gasteiger partial charge in [-0.2, -0.15) is 0 Å². The zero-order valence-electron chi connectivity index (χ0n) is 11.3. The summed E-state index contributed by atoms with van der Waals surface area (Å²) in [5.41, 5.74) is 10.3. The second kappa shape index (κ2) is 4.72. The molecule has 19 heavy (non-hydrogen) atoms. The zero-order valence-corrected chi connectivity index (χ0v) is 11.3. The van der Waals surface area contributed by atoms with Gasteiger partial charge >= 0.3 is 0 Å². The number of phenols is 2. The van der Waals surface area contributed by atoms with Crippen molar-refractivity contribution in [2.24, 2.45) is 0 Å². The lowest BCUT2D eigenvalue weighted by molar-refractivity contribution is 0.467. The standard InChI is InChI=1S/C15H18N2O2/c1-8-6-13(12(16)7-14(8)18)17-11-4-9(2)15(19)10(3)5-11/h4-7,17-19H,16H2,1-3H3. The maximum atomic E-state index is 9.75. The minimum atomic E-state index is 0.182. The van der Waals surface area contributed by atoms with Crippen molar-refractivity contribution in [2.75, 3.05) is 11.1 Å². The van der Waals surface area contributed by atoms with Crippen LogP contribution in [0, 0.1) is 20.8 Å². The number of hydrogen-bond donors (Lipinski definition) is 4. The van der Waals surface area contributed by atoms with E-state index in [-0.39, 0.29) is 5.75 Å². The summed E-state index contributed by atoms with van der Waals surface area (Å²) in [7, 11) is 0. The summed E-state index contributed by atoms with van der Waals surface area (Å²) >= 11 is 0. The van der Waals surface area contributed by atoms with Crippen LogP contribution < -0.4 is 11.1 Å². The Bertz CT molecular complexity index is 613. The Labute approximate surface area is 112 Å². The molecule has 2 rings (SSSR count). The Morgan fingerprint density at radius 3 is 2.05 bits per heavy atom. The Balaban J connectivity index is 2.39. The number of nitrogens with one attached hydrogen (secondary N) is 1. The third-order valence-corrected chi connectivity index (χ3v) is 3.14. The molecule has 0 aromatic heterocycles. The fourth-order valence-electron chi connectivity index (χ4n) is 2.00. The summed E-state index contributed by atoms with van der Waals surface area (Å²) in [5.74, 6) is 0.488. The second-order valence-corrected chi connectivity index (χ2v) is 4.81. The van der Waals surface area contributed by atoms with Crippen LogP contribution in [0.3, 0.4) is 0 Å². The summed E-state index contributed by atoms with van der Waals surface area (Å²) in [4.78, 5) is 0. The van der Waals surface area contributed by atoms with Crippen LogP contribution >= 0.6 is 0 Å². The van der Waals surface area contributed by atoms with E-state index in [1.54, 1.807) is 6.07 Å². The lowest BCUT2D eigenvalue weighted by Crippen LogP contribution is -1.98. The molecule has 0 saturated carbocycles. The van der Waals surface area contributed by atoms with E-state index in [2.05, 4.69) is 5.32 Å². The molecule has 0 aliphatic carbocycles. The van der Waals surface area contributed by atoms with Gasteiger partial charge in [0.05, 0.1) is 11.4 Å². The van der Waals surface area contributed by atoms with Gasteiger partial charge in [-0.05, 0) is 55.7 Å². The molecule has 100 valence electrons. The van der Waals surface area contributed by atoms with Gasteiger partial charge in [-0.1, -0.05) is 0 Å². The van der Waals surface area contributed by atoms with Crippen molar-refractivity contribution in [3.63, 3.8) is 0 Å². The first-order valence-electron chi connectivity index (χ1n) is 6.05. The van der Waals surface area contributed by atoms with E-state index in [4.69, 9.17) is 5.73 Å². The predicted octanol–water partition coefficient (Wildman–Crippen LogP) is 3.35. The van der Waals surface area contributed by atoms with Crippen molar-refractivity contribution >= 4 is 17.1 Å². The quantitative estimate of drug-likeness (QED) is 0.492. The van der Waals surface area contributed by atoms with Crippen LogP contribution in [-0.2, 0) is 0 Å². The number of benzene rings is 2. The number of anilines is 3. The third kappa shape index (κ3) is 2.57. The lowest BCUT2D eigenvalue weighted by atomic mass is 10.1. The molecule has 0 fully saturated rings. The van der Waals surface area contributed by atoms with Gasteiger partial charge in [0.2, 0.25) is 0 Å². The molecule has 0 radical (unpaired) electrons. The predicted molar refractivity (Wildman–Crippen MR) is 78.1 cm³/mol. The molecule has 0 atom stereocenters. The SMILES string of the molecule is Cc1cc(Nc2cc(C)c(O)c(C)c2)c(N)cc1O. The summed E-state index contributed by atoms with van der Waals surface area (Å²) in [6.07, 6.45) is 0. The minimum absolute atomic E-state index is 0.182. The molecular weight excluding hydrogens is 240 g/mol. The maximum Gasteiger partial charge on any atom is 0.121 e. The van der Waals surface area contributed by atoms with E-state index in [1.807, 2.05) is 32.9 Å². The van der Waals surface area contributed by atoms with Gasteiger partial charge in [0.1, 0.15) is 11.5 Å². The van der Waals surface area contributed by atoms with Crippen LogP contribution in [0.15, 0.2) is 24.3 Å². The molecule has 0 amide bonds. The number of aromatic hydroxyl groups is 2. The average Bonchev–Trinajstić information content (AvgIpc) is 2.33. The fraction of sp³-hybridized carbons (Fsp3) is 0.200. The van der Waals surface area contributed by atoms with E-state index in [0.717, 1.165) is 28.1 Å². The topological polar surface area (TPSA) is 78.5 Å². The molecular formula is C15H18N2O2. The fourth-order valence-corrected chi connectivity index (χ4v) is 2.00. The molecule has 4 nitrogen and oxygen atoms in total. The molecule has 0 spiro atoms. The summed E-state index contributed by atoms with van der Waals surface area (Å²) in [6, 6.07) is 7.02. The smallest absolute Gasteiger partial charge is 0.121 e. The molecule has 0 aliphatic heterocycles. The van der Waals surface area contributed by atoms with Crippen LogP contribution in [0.4, 0.5) is 17.1 Å². The van der Waals surface area contributed by atoms with E-state index < -0.39 is 0 Å². The van der Waals surface area contributed by atoms with Crippen LogP contribution in [0.1, 0.15) is 16.7 Å². The highest BCUT2D eigenvalue weighted by Gasteiger charge is 2.07. The summed E-state index contributed by atoms with van der Waals surface area (Å²) in [6.45, 7) is 5.51. The van der Waals surface area contributed by atoms with Crippen LogP contribution in [-0.4, -0.2) is 10.2 Å². The Morgan fingerprint density at radius 2 is 1.47 bits per heavy atom. The highest BCUT2D eigenvalue weighted by Crippen LogP contribution is 2.32. The number of phenolic OH excluding ortho intramolecular Hbond substituents is 2. The van der Waals surface area contributed by atoms with E-state index >= 15 is 0 Å². The van der Waals surface area contributed by atoms with Gasteiger partial charge in [-0.25, -0.2) is 0 Å². The van der Waals surface area contributed by atoms with Crippen LogP contribution in [0.5, 0.6) is 11.5 Å². The van der Waals surface area contributed by atoms with Crippen molar-refractivity contribution in [3.8, 4) is 11.5 Å². The van der Waals surface area contributed by atoms with Gasteiger partial charge in [-0.3, -0.25) is 0 Å². The molecule has 0 aliphatic rings. The normalized spacial score (nSPS) is 10.5. The number of rotatable bonds is 2. The molecule has 0 saturated heterocycles. The first-order chi connectivity index (χ1) is 8.88. The third-order valence-electron chi connectivity index (χ3n) is 3.14.